The number of alkyl carbamates (subject to hydrolysis) is 1. The Hall–Kier alpha value is -3.56. The average molecular weight is 441 g/mol. The fourth-order valence-corrected chi connectivity index (χ4v) is 3.73. The molecule has 8 N–H and O–H groups in total. The van der Waals surface area contributed by atoms with E-state index in [0.29, 0.717) is 29.3 Å². The van der Waals surface area contributed by atoms with Gasteiger partial charge in [-0.15, -0.1) is 0 Å². The maximum absolute atomic E-state index is 12.2. The zero-order chi connectivity index (χ0) is 23.6. The van der Waals surface area contributed by atoms with Crippen LogP contribution in [0.15, 0.2) is 24.3 Å². The number of piperidine rings is 1. The molecule has 0 aliphatic carbocycles. The molecule has 1 fully saturated rings. The number of rotatable bonds is 4. The minimum atomic E-state index is -0.554. The molecule has 0 radical (unpaired) electrons. The molecule has 2 aromatic rings. The average Bonchev–Trinajstić information content (AvgIpc) is 2.67. The number of anilines is 3. The molecule has 1 amide bonds. The number of nitrogens with two attached hydrogens (primary N) is 3. The summed E-state index contributed by atoms with van der Waals surface area (Å²) in [6, 6.07) is 7.19. The van der Waals surface area contributed by atoms with Gasteiger partial charge in [-0.3, -0.25) is 5.41 Å². The zero-order valence-electron chi connectivity index (χ0n) is 19.0. The van der Waals surface area contributed by atoms with Crippen LogP contribution in [0.2, 0.25) is 0 Å². The van der Waals surface area contributed by atoms with Crippen molar-refractivity contribution in [1.82, 2.24) is 15.3 Å². The summed E-state index contributed by atoms with van der Waals surface area (Å²) in [7, 11) is 0. The van der Waals surface area contributed by atoms with E-state index in [4.69, 9.17) is 27.3 Å². The van der Waals surface area contributed by atoms with Gasteiger partial charge in [0, 0.05) is 41.5 Å². The Morgan fingerprint density at radius 2 is 1.94 bits per heavy atom. The SMILES string of the molecule is CC1CCC(NC(=O)OC(C)(C)C)CN1c1cc(-c2ccc(C(=N)N)c(N)c2)nc(N)n1. The van der Waals surface area contributed by atoms with Crippen LogP contribution < -0.4 is 27.4 Å². The van der Waals surface area contributed by atoms with Gasteiger partial charge >= 0.3 is 6.09 Å². The Bertz CT molecular complexity index is 1020. The molecule has 1 saturated heterocycles. The van der Waals surface area contributed by atoms with Crippen molar-refractivity contribution in [1.29, 1.82) is 5.41 Å². The van der Waals surface area contributed by atoms with Crippen molar-refractivity contribution in [2.45, 2.75) is 58.2 Å². The van der Waals surface area contributed by atoms with Crippen LogP contribution in [0.5, 0.6) is 0 Å². The van der Waals surface area contributed by atoms with Crippen molar-refractivity contribution in [2.75, 3.05) is 22.9 Å². The van der Waals surface area contributed by atoms with Gasteiger partial charge in [0.2, 0.25) is 5.95 Å². The highest BCUT2D eigenvalue weighted by molar-refractivity contribution is 6.00. The molecule has 2 unspecified atom stereocenters. The Kier molecular flexibility index (Phi) is 6.42. The third-order valence-corrected chi connectivity index (χ3v) is 5.26. The van der Waals surface area contributed by atoms with Crippen molar-refractivity contribution >= 4 is 29.4 Å². The predicted molar refractivity (Wildman–Crippen MR) is 127 cm³/mol. The predicted octanol–water partition coefficient (Wildman–Crippen LogP) is 2.47. The summed E-state index contributed by atoms with van der Waals surface area (Å²) in [4.78, 5) is 23.1. The quantitative estimate of drug-likeness (QED) is 0.274. The lowest BCUT2D eigenvalue weighted by Crippen LogP contribution is -2.52. The first-order chi connectivity index (χ1) is 14.9. The molecular formula is C22H32N8O2. The summed E-state index contributed by atoms with van der Waals surface area (Å²) >= 11 is 0. The second-order valence-corrected chi connectivity index (χ2v) is 9.11. The second kappa shape index (κ2) is 8.89. The number of carbonyl (C=O) groups is 1. The molecule has 172 valence electrons. The van der Waals surface area contributed by atoms with Crippen molar-refractivity contribution < 1.29 is 9.53 Å². The van der Waals surface area contributed by atoms with Crippen LogP contribution in [0.3, 0.4) is 0 Å². The number of ether oxygens (including phenoxy) is 1. The number of nitrogens with zero attached hydrogens (tertiary/aromatic N) is 3. The third kappa shape index (κ3) is 5.57. The molecule has 2 atom stereocenters. The molecule has 2 heterocycles. The van der Waals surface area contributed by atoms with Crippen molar-refractivity contribution in [2.24, 2.45) is 5.73 Å². The summed E-state index contributed by atoms with van der Waals surface area (Å²) < 4.78 is 5.39. The Labute approximate surface area is 188 Å². The van der Waals surface area contributed by atoms with Gasteiger partial charge in [-0.1, -0.05) is 6.07 Å². The summed E-state index contributed by atoms with van der Waals surface area (Å²) in [6.07, 6.45) is 1.29. The molecule has 3 rings (SSSR count). The van der Waals surface area contributed by atoms with Gasteiger partial charge in [0.15, 0.2) is 0 Å². The molecule has 0 bridgehead atoms. The highest BCUT2D eigenvalue weighted by Crippen LogP contribution is 2.29. The number of carbonyl (C=O) groups excluding carboxylic acids is 1. The summed E-state index contributed by atoms with van der Waals surface area (Å²) in [6.45, 7) is 8.19. The van der Waals surface area contributed by atoms with E-state index in [2.05, 4.69) is 27.1 Å². The van der Waals surface area contributed by atoms with E-state index in [0.717, 1.165) is 18.4 Å². The first-order valence-corrected chi connectivity index (χ1v) is 10.6. The van der Waals surface area contributed by atoms with Crippen LogP contribution in [-0.4, -0.2) is 46.1 Å². The number of nitrogen functional groups attached to an aromatic ring is 3. The minimum absolute atomic E-state index is 0.0776. The second-order valence-electron chi connectivity index (χ2n) is 9.11. The molecule has 0 spiro atoms. The number of amides is 1. The van der Waals surface area contributed by atoms with E-state index in [-0.39, 0.29) is 23.9 Å². The maximum atomic E-state index is 12.2. The highest BCUT2D eigenvalue weighted by Gasteiger charge is 2.29. The number of aromatic nitrogens is 2. The fourth-order valence-electron chi connectivity index (χ4n) is 3.73. The van der Waals surface area contributed by atoms with Crippen LogP contribution in [0.25, 0.3) is 11.3 Å². The highest BCUT2D eigenvalue weighted by atomic mass is 16.6. The van der Waals surface area contributed by atoms with Crippen LogP contribution in [0.1, 0.15) is 46.1 Å². The van der Waals surface area contributed by atoms with Crippen molar-refractivity contribution in [3.63, 3.8) is 0 Å². The molecule has 1 aromatic heterocycles. The minimum Gasteiger partial charge on any atom is -0.444 e. The van der Waals surface area contributed by atoms with Gasteiger partial charge in [0.25, 0.3) is 0 Å². The number of hydrogen-bond donors (Lipinski definition) is 5. The molecule has 10 heteroatoms. The molecule has 1 aliphatic rings. The van der Waals surface area contributed by atoms with Crippen LogP contribution >= 0.6 is 0 Å². The fraction of sp³-hybridized carbons (Fsp3) is 0.455. The third-order valence-electron chi connectivity index (χ3n) is 5.26. The normalized spacial score (nSPS) is 18.8. The summed E-state index contributed by atoms with van der Waals surface area (Å²) in [5.74, 6) is 0.716. The number of amidine groups is 1. The van der Waals surface area contributed by atoms with Crippen LogP contribution in [-0.2, 0) is 4.74 Å². The van der Waals surface area contributed by atoms with E-state index in [1.165, 1.54) is 0 Å². The molecule has 0 saturated carbocycles. The number of hydrogen-bond acceptors (Lipinski definition) is 8. The molecule has 10 nitrogen and oxygen atoms in total. The van der Waals surface area contributed by atoms with Gasteiger partial charge in [-0.25, -0.2) is 9.78 Å². The van der Waals surface area contributed by atoms with Crippen LogP contribution in [0.4, 0.5) is 22.2 Å². The van der Waals surface area contributed by atoms with Gasteiger partial charge in [0.05, 0.1) is 5.69 Å². The molecule has 32 heavy (non-hydrogen) atoms. The largest absolute Gasteiger partial charge is 0.444 e. The van der Waals surface area contributed by atoms with Gasteiger partial charge in [-0.2, -0.15) is 4.98 Å². The summed E-state index contributed by atoms with van der Waals surface area (Å²) in [5, 5.41) is 10.6. The van der Waals surface area contributed by atoms with Crippen molar-refractivity contribution in [3.05, 3.63) is 29.8 Å². The topological polar surface area (TPSA) is 169 Å². The standard InChI is InChI=1S/C22H32N8O2/c1-12-5-7-14(27-21(31)32-22(2,3)4)11-30(12)18-10-17(28-20(26)29-18)13-6-8-15(19(24)25)16(23)9-13/h6,8-10,12,14H,5,7,11,23H2,1-4H3,(H3,24,25)(H,27,31)(H2,26,28,29). The smallest absolute Gasteiger partial charge is 0.407 e. The summed E-state index contributed by atoms with van der Waals surface area (Å²) in [5.41, 5.74) is 19.3. The van der Waals surface area contributed by atoms with Gasteiger partial charge in [-0.05, 0) is 52.7 Å². The lowest BCUT2D eigenvalue weighted by molar-refractivity contribution is 0.0497. The molecular weight excluding hydrogens is 408 g/mol. The first kappa shape index (κ1) is 23.1. The lowest BCUT2D eigenvalue weighted by atomic mass is 9.99. The van der Waals surface area contributed by atoms with Crippen LogP contribution in [0, 0.1) is 5.41 Å². The number of benzene rings is 1. The monoisotopic (exact) mass is 440 g/mol. The maximum Gasteiger partial charge on any atom is 0.407 e. The number of nitrogens with one attached hydrogen (secondary N) is 2. The van der Waals surface area contributed by atoms with E-state index in [1.54, 1.807) is 18.2 Å². The van der Waals surface area contributed by atoms with E-state index < -0.39 is 11.7 Å². The lowest BCUT2D eigenvalue weighted by Gasteiger charge is -2.39. The van der Waals surface area contributed by atoms with Crippen molar-refractivity contribution in [3.8, 4) is 11.3 Å². The Morgan fingerprint density at radius 1 is 1.22 bits per heavy atom. The Balaban J connectivity index is 1.84. The van der Waals surface area contributed by atoms with E-state index in [9.17, 15) is 4.79 Å². The van der Waals surface area contributed by atoms with Gasteiger partial charge < -0.3 is 32.2 Å². The van der Waals surface area contributed by atoms with E-state index in [1.807, 2.05) is 26.8 Å². The molecule has 1 aromatic carbocycles. The molecule has 1 aliphatic heterocycles. The van der Waals surface area contributed by atoms with E-state index >= 15 is 0 Å². The Morgan fingerprint density at radius 3 is 2.56 bits per heavy atom. The first-order valence-electron chi connectivity index (χ1n) is 10.6. The zero-order valence-corrected chi connectivity index (χ0v) is 19.0. The van der Waals surface area contributed by atoms with Gasteiger partial charge in [0.1, 0.15) is 17.3 Å².